The van der Waals surface area contributed by atoms with Crippen molar-refractivity contribution in [1.29, 1.82) is 0 Å². The molecule has 1 aromatic heterocycles. The Kier molecular flexibility index (Phi) is 5.91. The fourth-order valence-electron chi connectivity index (χ4n) is 8.94. The summed E-state index contributed by atoms with van der Waals surface area (Å²) in [7, 11) is 0. The van der Waals surface area contributed by atoms with E-state index in [9.17, 15) is 0 Å². The van der Waals surface area contributed by atoms with Crippen LogP contribution in [0, 0.1) is 0 Å². The van der Waals surface area contributed by atoms with Crippen LogP contribution in [0.25, 0.3) is 66.4 Å². The smallest absolute Gasteiger partial charge is 0.158 e. The molecule has 2 aliphatic rings. The zero-order chi connectivity index (χ0) is 33.5. The molecule has 238 valence electrons. The molecule has 2 aliphatic carbocycles. The van der Waals surface area contributed by atoms with E-state index >= 15 is 0 Å². The third-order valence-electron chi connectivity index (χ3n) is 11.1. The van der Waals surface area contributed by atoms with Gasteiger partial charge in [0.2, 0.25) is 0 Å². The van der Waals surface area contributed by atoms with Crippen LogP contribution in [-0.4, -0.2) is 0 Å². The highest BCUT2D eigenvalue weighted by atomic mass is 16.3. The van der Waals surface area contributed by atoms with Crippen molar-refractivity contribution in [3.8, 4) is 44.5 Å². The van der Waals surface area contributed by atoms with Crippen LogP contribution in [0.2, 0.25) is 0 Å². The highest BCUT2D eigenvalue weighted by Crippen LogP contribution is 2.63. The van der Waals surface area contributed by atoms with Gasteiger partial charge in [-0.3, -0.25) is 0 Å². The van der Waals surface area contributed by atoms with Gasteiger partial charge in [0, 0.05) is 22.0 Å². The second-order valence-electron chi connectivity index (χ2n) is 13.7. The van der Waals surface area contributed by atoms with Crippen molar-refractivity contribution in [3.05, 3.63) is 204 Å². The number of benzene rings is 8. The number of para-hydroxylation sites is 2. The first kappa shape index (κ1) is 28.2. The van der Waals surface area contributed by atoms with Crippen molar-refractivity contribution in [2.45, 2.75) is 5.41 Å². The van der Waals surface area contributed by atoms with Crippen LogP contribution < -0.4 is 5.32 Å². The molecule has 1 heterocycles. The fraction of sp³-hybridized carbons (Fsp3) is 0.0204. The molecule has 0 saturated carbocycles. The molecule has 1 N–H and O–H groups in total. The number of fused-ring (bicyclic) bond motifs is 13. The fourth-order valence-corrected chi connectivity index (χ4v) is 8.94. The normalized spacial score (nSPS) is 13.3. The van der Waals surface area contributed by atoms with E-state index in [0.29, 0.717) is 0 Å². The minimum absolute atomic E-state index is 0.345. The largest absolute Gasteiger partial charge is 0.453 e. The highest BCUT2D eigenvalue weighted by molar-refractivity contribution is 6.12. The predicted octanol–water partition coefficient (Wildman–Crippen LogP) is 13.0. The topological polar surface area (TPSA) is 25.2 Å². The highest BCUT2D eigenvalue weighted by Gasteiger charge is 2.51. The van der Waals surface area contributed by atoms with E-state index in [0.717, 1.165) is 44.4 Å². The van der Waals surface area contributed by atoms with Crippen LogP contribution >= 0.6 is 0 Å². The summed E-state index contributed by atoms with van der Waals surface area (Å²) >= 11 is 0. The molecule has 0 bridgehead atoms. The molecule has 0 unspecified atom stereocenters. The van der Waals surface area contributed by atoms with Crippen LogP contribution in [-0.2, 0) is 5.41 Å². The van der Waals surface area contributed by atoms with Gasteiger partial charge in [-0.1, -0.05) is 158 Å². The van der Waals surface area contributed by atoms with Crippen LogP contribution in [0.1, 0.15) is 22.3 Å². The summed E-state index contributed by atoms with van der Waals surface area (Å²) in [5, 5.41) is 5.89. The molecule has 8 aromatic carbocycles. The molecule has 1 spiro atoms. The Balaban J connectivity index is 0.989. The first-order valence-corrected chi connectivity index (χ1v) is 17.6. The first-order valence-electron chi connectivity index (χ1n) is 17.6. The SMILES string of the molecule is c1ccc(-c2cccc3c2oc2c(Nc4ccc(-c5ccc6c(c5)C5(c7ccccc7-c7ccccc75)c5ccccc5-6)cc4)cccc23)cc1. The summed E-state index contributed by atoms with van der Waals surface area (Å²) in [5.41, 5.74) is 18.8. The van der Waals surface area contributed by atoms with E-state index in [1.165, 1.54) is 55.6 Å². The van der Waals surface area contributed by atoms with E-state index in [1.54, 1.807) is 0 Å². The summed E-state index contributed by atoms with van der Waals surface area (Å²) < 4.78 is 6.64. The van der Waals surface area contributed by atoms with Crippen molar-refractivity contribution in [2.75, 3.05) is 5.32 Å². The van der Waals surface area contributed by atoms with Crippen molar-refractivity contribution in [3.63, 3.8) is 0 Å². The summed E-state index contributed by atoms with van der Waals surface area (Å²) in [6.07, 6.45) is 0. The predicted molar refractivity (Wildman–Crippen MR) is 211 cm³/mol. The molecule has 51 heavy (non-hydrogen) atoms. The van der Waals surface area contributed by atoms with E-state index in [1.807, 2.05) is 6.07 Å². The van der Waals surface area contributed by atoms with Gasteiger partial charge < -0.3 is 9.73 Å². The third kappa shape index (κ3) is 3.93. The summed E-state index contributed by atoms with van der Waals surface area (Å²) in [4.78, 5) is 0. The summed E-state index contributed by atoms with van der Waals surface area (Å²) in [6.45, 7) is 0. The van der Waals surface area contributed by atoms with E-state index < -0.39 is 0 Å². The van der Waals surface area contributed by atoms with Gasteiger partial charge in [0.1, 0.15) is 5.58 Å². The van der Waals surface area contributed by atoms with Crippen molar-refractivity contribution in [2.24, 2.45) is 0 Å². The Morgan fingerprint density at radius 3 is 1.55 bits per heavy atom. The first-order chi connectivity index (χ1) is 25.3. The van der Waals surface area contributed by atoms with Gasteiger partial charge in [0.25, 0.3) is 0 Å². The molecule has 0 saturated heterocycles. The third-order valence-corrected chi connectivity index (χ3v) is 11.1. The minimum Gasteiger partial charge on any atom is -0.453 e. The monoisotopic (exact) mass is 649 g/mol. The van der Waals surface area contributed by atoms with E-state index in [4.69, 9.17) is 4.42 Å². The van der Waals surface area contributed by atoms with Crippen molar-refractivity contribution >= 4 is 33.3 Å². The molecular formula is C49H31NO. The Morgan fingerprint density at radius 2 is 0.882 bits per heavy atom. The van der Waals surface area contributed by atoms with Crippen LogP contribution in [0.4, 0.5) is 11.4 Å². The Morgan fingerprint density at radius 1 is 0.353 bits per heavy atom. The zero-order valence-electron chi connectivity index (χ0n) is 27.7. The van der Waals surface area contributed by atoms with E-state index in [-0.39, 0.29) is 5.41 Å². The molecular weight excluding hydrogens is 619 g/mol. The second kappa shape index (κ2) is 10.7. The Bertz CT molecular complexity index is 2760. The second-order valence-corrected chi connectivity index (χ2v) is 13.7. The van der Waals surface area contributed by atoms with Gasteiger partial charge >= 0.3 is 0 Å². The van der Waals surface area contributed by atoms with Gasteiger partial charge in [-0.05, 0) is 85.5 Å². The molecule has 0 radical (unpaired) electrons. The lowest BCUT2D eigenvalue weighted by molar-refractivity contribution is 0.671. The Hall–Kier alpha value is -6.64. The number of anilines is 2. The molecule has 11 rings (SSSR count). The van der Waals surface area contributed by atoms with Gasteiger partial charge in [0.05, 0.1) is 11.1 Å². The van der Waals surface area contributed by atoms with Gasteiger partial charge in [-0.2, -0.15) is 0 Å². The minimum atomic E-state index is -0.345. The lowest BCUT2D eigenvalue weighted by Gasteiger charge is -2.30. The number of hydrogen-bond donors (Lipinski definition) is 1. The van der Waals surface area contributed by atoms with Crippen LogP contribution in [0.5, 0.6) is 0 Å². The van der Waals surface area contributed by atoms with Gasteiger partial charge in [-0.25, -0.2) is 0 Å². The molecule has 0 fully saturated rings. The standard InChI is InChI=1S/C49H31NO/c1-2-12-32(13-3-1)35-17-10-18-40-41-19-11-23-46(48(41)51-47(35)40)50-34-27-24-31(25-28-34)33-26-29-39-38-16-6-9-22-44(38)49(45(39)30-33)42-20-7-4-14-36(42)37-15-5-8-21-43(37)49/h1-30,50H. The summed E-state index contributed by atoms with van der Waals surface area (Å²) in [6, 6.07) is 66.0. The number of nitrogens with one attached hydrogen (secondary N) is 1. The molecule has 0 aliphatic heterocycles. The average molecular weight is 650 g/mol. The van der Waals surface area contributed by atoms with Gasteiger partial charge in [-0.15, -0.1) is 0 Å². The molecule has 0 atom stereocenters. The maximum absolute atomic E-state index is 6.64. The van der Waals surface area contributed by atoms with Crippen LogP contribution in [0.3, 0.4) is 0 Å². The quantitative estimate of drug-likeness (QED) is 0.205. The summed E-state index contributed by atoms with van der Waals surface area (Å²) in [5.74, 6) is 0. The van der Waals surface area contributed by atoms with Crippen molar-refractivity contribution in [1.82, 2.24) is 0 Å². The lowest BCUT2D eigenvalue weighted by Crippen LogP contribution is -2.25. The average Bonchev–Trinajstić information content (AvgIpc) is 3.83. The number of furan rings is 1. The van der Waals surface area contributed by atoms with Crippen LogP contribution in [0.15, 0.2) is 186 Å². The van der Waals surface area contributed by atoms with E-state index in [2.05, 4.69) is 181 Å². The molecule has 0 amide bonds. The van der Waals surface area contributed by atoms with Gasteiger partial charge in [0.15, 0.2) is 5.58 Å². The maximum Gasteiger partial charge on any atom is 0.158 e. The lowest BCUT2D eigenvalue weighted by atomic mass is 9.70. The number of rotatable bonds is 4. The number of hydrogen-bond acceptors (Lipinski definition) is 2. The molecule has 2 nitrogen and oxygen atoms in total. The molecule has 2 heteroatoms. The molecule has 9 aromatic rings. The Labute approximate surface area is 296 Å². The zero-order valence-corrected chi connectivity index (χ0v) is 27.7. The maximum atomic E-state index is 6.64. The van der Waals surface area contributed by atoms with Crippen molar-refractivity contribution < 1.29 is 4.42 Å².